The third-order valence-corrected chi connectivity index (χ3v) is 3.19. The van der Waals surface area contributed by atoms with Gasteiger partial charge in [0.2, 0.25) is 0 Å². The van der Waals surface area contributed by atoms with Crippen molar-refractivity contribution >= 4 is 23.0 Å². The fourth-order valence-electron chi connectivity index (χ4n) is 2.19. The van der Waals surface area contributed by atoms with Gasteiger partial charge in [0.05, 0.1) is 35.3 Å². The Morgan fingerprint density at radius 3 is 2.62 bits per heavy atom. The number of methoxy groups -OCH3 is 1. The summed E-state index contributed by atoms with van der Waals surface area (Å²) in [5, 5.41) is 9.21. The van der Waals surface area contributed by atoms with Gasteiger partial charge in [-0.2, -0.15) is 5.26 Å². The molecule has 2 aromatic carbocycles. The summed E-state index contributed by atoms with van der Waals surface area (Å²) in [5.41, 5.74) is 8.49. The van der Waals surface area contributed by atoms with Crippen LogP contribution in [0.2, 0.25) is 0 Å². The Morgan fingerprint density at radius 2 is 1.95 bits per heavy atom. The average Bonchev–Trinajstić information content (AvgIpc) is 2.53. The van der Waals surface area contributed by atoms with E-state index in [1.807, 2.05) is 6.07 Å². The third-order valence-electron chi connectivity index (χ3n) is 3.19. The predicted octanol–water partition coefficient (Wildman–Crippen LogP) is 2.69. The second-order valence-corrected chi connectivity index (χ2v) is 4.42. The lowest BCUT2D eigenvalue weighted by atomic mass is 10.1. The molecule has 21 heavy (non-hydrogen) atoms. The minimum Gasteiger partial charge on any atom is -0.465 e. The molecule has 0 aromatic heterocycles. The summed E-state index contributed by atoms with van der Waals surface area (Å²) in [6, 6.07) is 14.3. The molecule has 0 aliphatic heterocycles. The van der Waals surface area contributed by atoms with Gasteiger partial charge in [-0.1, -0.05) is 18.2 Å². The Morgan fingerprint density at radius 1 is 1.24 bits per heavy atom. The molecule has 0 unspecified atom stereocenters. The lowest BCUT2D eigenvalue weighted by Gasteiger charge is -2.24. The molecule has 0 radical (unpaired) electrons. The van der Waals surface area contributed by atoms with E-state index in [1.54, 1.807) is 48.3 Å². The number of nitriles is 1. The van der Waals surface area contributed by atoms with Crippen LogP contribution in [0.1, 0.15) is 15.9 Å². The summed E-state index contributed by atoms with van der Waals surface area (Å²) in [6.07, 6.45) is 0. The molecule has 0 saturated heterocycles. The maximum absolute atomic E-state index is 11.9. The number of para-hydroxylation sites is 2. The number of carbonyl (C=O) groups excluding carboxylic acids is 1. The number of nitrogen functional groups attached to an aromatic ring is 1. The van der Waals surface area contributed by atoms with E-state index in [9.17, 15) is 10.1 Å². The molecule has 0 bridgehead atoms. The first kappa shape index (κ1) is 14.4. The molecule has 2 N–H and O–H groups in total. The molecule has 2 aromatic rings. The summed E-state index contributed by atoms with van der Waals surface area (Å²) in [4.78, 5) is 13.6. The van der Waals surface area contributed by atoms with Crippen LogP contribution < -0.4 is 10.6 Å². The number of nitrogens with zero attached hydrogens (tertiary/aromatic N) is 2. The summed E-state index contributed by atoms with van der Waals surface area (Å²) >= 11 is 0. The number of anilines is 3. The largest absolute Gasteiger partial charge is 0.465 e. The van der Waals surface area contributed by atoms with Crippen molar-refractivity contribution in [3.8, 4) is 6.07 Å². The smallest absolute Gasteiger partial charge is 0.340 e. The number of rotatable bonds is 3. The van der Waals surface area contributed by atoms with Gasteiger partial charge in [-0.25, -0.2) is 4.79 Å². The van der Waals surface area contributed by atoms with E-state index < -0.39 is 5.97 Å². The van der Waals surface area contributed by atoms with E-state index in [2.05, 4.69) is 6.07 Å². The minimum atomic E-state index is -0.474. The summed E-state index contributed by atoms with van der Waals surface area (Å²) in [7, 11) is 3.08. The Bertz CT molecular complexity index is 720. The molecule has 0 atom stereocenters. The van der Waals surface area contributed by atoms with Gasteiger partial charge in [0, 0.05) is 7.05 Å². The van der Waals surface area contributed by atoms with Crippen molar-refractivity contribution in [3.05, 3.63) is 53.6 Å². The molecular weight excluding hydrogens is 266 g/mol. The molecule has 5 nitrogen and oxygen atoms in total. The Labute approximate surface area is 123 Å². The van der Waals surface area contributed by atoms with Crippen LogP contribution in [0.4, 0.5) is 17.1 Å². The Hall–Kier alpha value is -3.00. The molecule has 2 rings (SSSR count). The topological polar surface area (TPSA) is 79.3 Å². The van der Waals surface area contributed by atoms with Crippen molar-refractivity contribution in [2.24, 2.45) is 0 Å². The number of benzene rings is 2. The van der Waals surface area contributed by atoms with Crippen LogP contribution in [-0.4, -0.2) is 20.1 Å². The first-order chi connectivity index (χ1) is 10.1. The SMILES string of the molecule is COC(=O)c1cccc(N)c1N(C)c1ccccc1C#N. The quantitative estimate of drug-likeness (QED) is 0.691. The average molecular weight is 281 g/mol. The summed E-state index contributed by atoms with van der Waals surface area (Å²) in [6.45, 7) is 0. The van der Waals surface area contributed by atoms with Gasteiger partial charge in [0.15, 0.2) is 0 Å². The molecule has 5 heteroatoms. The monoisotopic (exact) mass is 281 g/mol. The number of ether oxygens (including phenoxy) is 1. The number of nitrogens with two attached hydrogens (primary N) is 1. The molecule has 0 aliphatic rings. The van der Waals surface area contributed by atoms with Crippen molar-refractivity contribution in [2.75, 3.05) is 24.8 Å². The van der Waals surface area contributed by atoms with Gasteiger partial charge >= 0.3 is 5.97 Å². The van der Waals surface area contributed by atoms with Gasteiger partial charge in [0.1, 0.15) is 6.07 Å². The lowest BCUT2D eigenvalue weighted by molar-refractivity contribution is 0.0601. The maximum atomic E-state index is 11.9. The van der Waals surface area contributed by atoms with Gasteiger partial charge in [-0.15, -0.1) is 0 Å². The highest BCUT2D eigenvalue weighted by Gasteiger charge is 2.19. The maximum Gasteiger partial charge on any atom is 0.340 e. The Balaban J connectivity index is 2.61. The first-order valence-corrected chi connectivity index (χ1v) is 6.29. The highest BCUT2D eigenvalue weighted by Crippen LogP contribution is 2.34. The van der Waals surface area contributed by atoms with Crippen LogP contribution in [0.25, 0.3) is 0 Å². The fourth-order valence-corrected chi connectivity index (χ4v) is 2.19. The number of esters is 1. The zero-order valence-electron chi connectivity index (χ0n) is 11.8. The molecular formula is C16H15N3O2. The minimum absolute atomic E-state index is 0.354. The molecule has 0 amide bonds. The van der Waals surface area contributed by atoms with E-state index in [1.165, 1.54) is 7.11 Å². The standard InChI is InChI=1S/C16H15N3O2/c1-19(14-9-4-3-6-11(14)10-17)15-12(16(20)21-2)7-5-8-13(15)18/h3-9H,18H2,1-2H3. The molecule has 0 aliphatic carbocycles. The predicted molar refractivity (Wildman–Crippen MR) is 81.4 cm³/mol. The second kappa shape index (κ2) is 5.97. The van der Waals surface area contributed by atoms with Crippen molar-refractivity contribution in [1.82, 2.24) is 0 Å². The van der Waals surface area contributed by atoms with E-state index in [0.29, 0.717) is 28.2 Å². The van der Waals surface area contributed by atoms with Crippen molar-refractivity contribution in [1.29, 1.82) is 5.26 Å². The zero-order chi connectivity index (χ0) is 15.4. The van der Waals surface area contributed by atoms with E-state index in [0.717, 1.165) is 0 Å². The van der Waals surface area contributed by atoms with Gasteiger partial charge in [-0.3, -0.25) is 0 Å². The number of hydrogen-bond acceptors (Lipinski definition) is 5. The van der Waals surface area contributed by atoms with Crippen molar-refractivity contribution < 1.29 is 9.53 Å². The van der Waals surface area contributed by atoms with Crippen LogP contribution >= 0.6 is 0 Å². The third kappa shape index (κ3) is 2.65. The van der Waals surface area contributed by atoms with Crippen LogP contribution in [0.5, 0.6) is 0 Å². The van der Waals surface area contributed by atoms with E-state index in [4.69, 9.17) is 10.5 Å². The van der Waals surface area contributed by atoms with Crippen LogP contribution in [0, 0.1) is 11.3 Å². The number of hydrogen-bond donors (Lipinski definition) is 1. The number of carbonyl (C=O) groups is 1. The molecule has 106 valence electrons. The summed E-state index contributed by atoms with van der Waals surface area (Å²) < 4.78 is 4.79. The van der Waals surface area contributed by atoms with Gasteiger partial charge in [-0.05, 0) is 24.3 Å². The first-order valence-electron chi connectivity index (χ1n) is 6.29. The highest BCUT2D eigenvalue weighted by atomic mass is 16.5. The zero-order valence-corrected chi connectivity index (χ0v) is 11.8. The Kier molecular flexibility index (Phi) is 4.10. The molecule has 0 spiro atoms. The lowest BCUT2D eigenvalue weighted by Crippen LogP contribution is -2.17. The fraction of sp³-hybridized carbons (Fsp3) is 0.125. The van der Waals surface area contributed by atoms with E-state index >= 15 is 0 Å². The highest BCUT2D eigenvalue weighted by molar-refractivity contribution is 6.00. The van der Waals surface area contributed by atoms with Crippen LogP contribution in [0.3, 0.4) is 0 Å². The van der Waals surface area contributed by atoms with Crippen molar-refractivity contribution in [3.63, 3.8) is 0 Å². The van der Waals surface area contributed by atoms with Gasteiger partial charge in [0.25, 0.3) is 0 Å². The summed E-state index contributed by atoms with van der Waals surface area (Å²) in [5.74, 6) is -0.474. The molecule has 0 fully saturated rings. The molecule has 0 saturated carbocycles. The van der Waals surface area contributed by atoms with E-state index in [-0.39, 0.29) is 0 Å². The normalized spacial score (nSPS) is 9.76. The van der Waals surface area contributed by atoms with Crippen molar-refractivity contribution in [2.45, 2.75) is 0 Å². The van der Waals surface area contributed by atoms with Crippen LogP contribution in [-0.2, 0) is 4.74 Å². The second-order valence-electron chi connectivity index (χ2n) is 4.42. The van der Waals surface area contributed by atoms with Crippen LogP contribution in [0.15, 0.2) is 42.5 Å². The van der Waals surface area contributed by atoms with Gasteiger partial charge < -0.3 is 15.4 Å². The molecule has 0 heterocycles.